The first kappa shape index (κ1) is 81.6. The predicted molar refractivity (Wildman–Crippen MR) is 579 cm³/mol. The van der Waals surface area contributed by atoms with Gasteiger partial charge in [0.15, 0.2) is 0 Å². The molecule has 20 aromatic carbocycles. The Labute approximate surface area is 797 Å². The maximum absolute atomic E-state index is 5.29. The molecule has 0 unspecified atom stereocenters. The average molecular weight is 1760 g/mol. The van der Waals surface area contributed by atoms with Gasteiger partial charge in [0.1, 0.15) is 0 Å². The first-order chi connectivity index (χ1) is 68.4. The van der Waals surface area contributed by atoms with Crippen LogP contribution >= 0.6 is 0 Å². The molecule has 0 atom stereocenters. The van der Waals surface area contributed by atoms with Crippen LogP contribution in [0.3, 0.4) is 0 Å². The number of hydrogen-bond donors (Lipinski definition) is 0. The Morgan fingerprint density at radius 1 is 0.116 bits per heavy atom. The summed E-state index contributed by atoms with van der Waals surface area (Å²) in [6.07, 6.45) is 7.72. The minimum absolute atomic E-state index is 0.923. The van der Waals surface area contributed by atoms with Crippen molar-refractivity contribution in [2.45, 2.75) is 0 Å². The predicted octanol–water partition coefficient (Wildman–Crippen LogP) is 34.7. The van der Waals surface area contributed by atoms with Gasteiger partial charge in [0.2, 0.25) is 0 Å². The minimum atomic E-state index is 0.923. The minimum Gasteiger partial charge on any atom is -0.256 e. The fourth-order valence-corrected chi connectivity index (χ4v) is 20.4. The summed E-state index contributed by atoms with van der Waals surface area (Å²) in [5.74, 6) is 0. The van der Waals surface area contributed by atoms with Crippen LogP contribution in [0.15, 0.2) is 504 Å². The van der Waals surface area contributed by atoms with E-state index >= 15 is 0 Å². The van der Waals surface area contributed by atoms with Crippen molar-refractivity contribution >= 4 is 130 Å². The smallest absolute Gasteiger partial charge is 0.0722 e. The summed E-state index contributed by atoms with van der Waals surface area (Å²) in [6.45, 7) is 0. The number of fused-ring (bicyclic) bond motifs is 12. The highest BCUT2D eigenvalue weighted by atomic mass is 14.7. The van der Waals surface area contributed by atoms with Crippen LogP contribution in [0.25, 0.3) is 264 Å². The third-order valence-corrected chi connectivity index (χ3v) is 27.2. The Kier molecular flexibility index (Phi) is 20.8. The molecule has 0 amide bonds. The topological polar surface area (TPSA) is 90.2 Å². The molecular weight excluding hydrogens is 1670 g/mol. The molecule has 0 saturated heterocycles. The van der Waals surface area contributed by atoms with E-state index in [0.29, 0.717) is 0 Å². The van der Waals surface area contributed by atoms with Crippen molar-refractivity contribution in [2.75, 3.05) is 0 Å². The van der Waals surface area contributed by atoms with Gasteiger partial charge in [-0.15, -0.1) is 0 Å². The van der Waals surface area contributed by atoms with E-state index in [1.807, 2.05) is 61.2 Å². The van der Waals surface area contributed by atoms with E-state index in [4.69, 9.17) is 24.9 Å². The fraction of sp³-hybridized carbons (Fsp3) is 0. The Hall–Kier alpha value is -18.4. The quantitative estimate of drug-likeness (QED) is 0.120. The van der Waals surface area contributed by atoms with Crippen LogP contribution in [-0.2, 0) is 0 Å². The molecule has 7 heteroatoms. The van der Waals surface area contributed by atoms with E-state index in [0.717, 1.165) is 161 Å². The second-order valence-corrected chi connectivity index (χ2v) is 35.3. The lowest BCUT2D eigenvalue weighted by Crippen LogP contribution is -1.93. The van der Waals surface area contributed by atoms with Crippen molar-refractivity contribution < 1.29 is 0 Å². The summed E-state index contributed by atoms with van der Waals surface area (Å²) >= 11 is 0. The van der Waals surface area contributed by atoms with Crippen molar-refractivity contribution in [3.05, 3.63) is 504 Å². The summed E-state index contributed by atoms with van der Waals surface area (Å²) in [5, 5.41) is 21.4. The molecule has 0 saturated carbocycles. The fourth-order valence-electron chi connectivity index (χ4n) is 20.4. The third-order valence-electron chi connectivity index (χ3n) is 27.2. The van der Waals surface area contributed by atoms with E-state index in [9.17, 15) is 0 Å². The Balaban J connectivity index is 0.000000110. The third kappa shape index (κ3) is 15.4. The molecule has 0 aliphatic heterocycles. The van der Waals surface area contributed by atoms with Crippen LogP contribution in [-0.4, -0.2) is 34.9 Å². The zero-order valence-corrected chi connectivity index (χ0v) is 75.1. The number of aromatic nitrogens is 7. The van der Waals surface area contributed by atoms with Gasteiger partial charge in [-0.1, -0.05) is 376 Å². The summed E-state index contributed by atoms with van der Waals surface area (Å²) in [4.78, 5) is 34.7. The van der Waals surface area contributed by atoms with Crippen LogP contribution in [0.1, 0.15) is 0 Å². The first-order valence-corrected chi connectivity index (χ1v) is 46.8. The molecule has 0 bridgehead atoms. The molecule has 0 aliphatic carbocycles. The highest BCUT2D eigenvalue weighted by Gasteiger charge is 2.22. The molecule has 27 rings (SSSR count). The molecule has 642 valence electrons. The highest BCUT2D eigenvalue weighted by molar-refractivity contribution is 6.11. The van der Waals surface area contributed by atoms with Crippen LogP contribution in [0.5, 0.6) is 0 Å². The molecule has 0 aliphatic rings. The van der Waals surface area contributed by atoms with Gasteiger partial charge in [0.05, 0.1) is 55.9 Å². The molecule has 27 aromatic rings. The van der Waals surface area contributed by atoms with Crippen molar-refractivity contribution in [1.29, 1.82) is 0 Å². The van der Waals surface area contributed by atoms with Gasteiger partial charge in [-0.05, 0) is 246 Å². The van der Waals surface area contributed by atoms with Crippen LogP contribution in [0.2, 0.25) is 0 Å². The van der Waals surface area contributed by atoms with Gasteiger partial charge in [-0.2, -0.15) is 0 Å². The number of rotatable bonds is 12. The molecule has 7 heterocycles. The molecule has 7 aromatic heterocycles. The number of hydrogen-bond acceptors (Lipinski definition) is 7. The Morgan fingerprint density at radius 3 is 0.819 bits per heavy atom. The largest absolute Gasteiger partial charge is 0.256 e. The molecular formula is C131H83N7. The lowest BCUT2D eigenvalue weighted by Gasteiger charge is -2.15. The van der Waals surface area contributed by atoms with E-state index < -0.39 is 0 Å². The lowest BCUT2D eigenvalue weighted by atomic mass is 9.91. The number of benzene rings is 20. The standard InChI is InChI=1S/2C44H28N2.C43H27N3/c1-4-14-36-30(9-1)12-7-16-38(36)33-23-24-43-41(26-33)40(27-44(46-43)39-17-8-13-31-10-2-5-15-37(31)39)32-21-19-29(20-22-32)35-25-34-11-3-6-18-42(34)45-28-35;1-3-16-34-29(10-1)12-8-19-36(34)33-22-23-43-41(27-33)40(28-44(46-43)39-20-9-13-30-11-2-4-17-35(30)39)32-15-7-14-31(26-32)37-24-25-45-42-21-6-5-18-38(37)42;1-3-13-32-28(9-1)11-7-16-34(32)30-19-22-42-39(25-30)38(26-43(46-42)35-17-8-12-29-10-2-4-14-33(29)35)31-20-21-41(45-27-31)37-23-24-44-40-18-6-5-15-36(37)40/h2*1-28H;1-27H. The summed E-state index contributed by atoms with van der Waals surface area (Å²) in [5.41, 5.74) is 32.7. The Morgan fingerprint density at radius 2 is 0.399 bits per heavy atom. The van der Waals surface area contributed by atoms with Crippen molar-refractivity contribution in [3.63, 3.8) is 0 Å². The van der Waals surface area contributed by atoms with Crippen molar-refractivity contribution in [2.24, 2.45) is 0 Å². The second-order valence-electron chi connectivity index (χ2n) is 35.3. The number of nitrogens with zero attached hydrogens (tertiary/aromatic N) is 7. The molecule has 138 heavy (non-hydrogen) atoms. The van der Waals surface area contributed by atoms with Crippen molar-refractivity contribution in [1.82, 2.24) is 34.9 Å². The van der Waals surface area contributed by atoms with Crippen molar-refractivity contribution in [3.8, 4) is 134 Å². The second kappa shape index (κ2) is 35.3. The average Bonchev–Trinajstić information content (AvgIpc) is 0.758. The SMILES string of the molecule is c1cc(-c2ccnc3ccccc23)cc(-c2cc(-c3cccc4ccccc34)nc3ccc(-c4cccc5ccccc45)cc23)c1.c1ccc2c(-c3ccc4nc(-c5cccc6ccccc56)cc(-c5ccc(-c6ccnc7ccccc67)nc5)c4c3)cccc2c1.c1ccc2ncc(-c3ccc(-c4cc(-c5cccc6ccccc56)nc5ccc(-c6cccc7ccccc67)cc45)cc3)cc2c1. The first-order valence-electron chi connectivity index (χ1n) is 46.8. The molecule has 7 nitrogen and oxygen atoms in total. The number of para-hydroxylation sites is 3. The van der Waals surface area contributed by atoms with Gasteiger partial charge >= 0.3 is 0 Å². The van der Waals surface area contributed by atoms with Crippen LogP contribution < -0.4 is 0 Å². The van der Waals surface area contributed by atoms with Gasteiger partial charge in [-0.25, -0.2) is 15.0 Å². The van der Waals surface area contributed by atoms with Crippen LogP contribution in [0.4, 0.5) is 0 Å². The van der Waals surface area contributed by atoms with Gasteiger partial charge in [0, 0.05) is 90.5 Å². The van der Waals surface area contributed by atoms with E-state index in [-0.39, 0.29) is 0 Å². The van der Waals surface area contributed by atoms with Gasteiger partial charge in [-0.3, -0.25) is 19.9 Å². The van der Waals surface area contributed by atoms with Gasteiger partial charge < -0.3 is 0 Å². The lowest BCUT2D eigenvalue weighted by molar-refractivity contribution is 1.32. The monoisotopic (exact) mass is 1750 g/mol. The van der Waals surface area contributed by atoms with Crippen LogP contribution in [0, 0.1) is 0 Å². The summed E-state index contributed by atoms with van der Waals surface area (Å²) < 4.78 is 0. The maximum atomic E-state index is 5.29. The van der Waals surface area contributed by atoms with E-state index in [2.05, 4.69) is 453 Å². The normalized spacial score (nSPS) is 11.5. The van der Waals surface area contributed by atoms with Gasteiger partial charge in [0.25, 0.3) is 0 Å². The highest BCUT2D eigenvalue weighted by Crippen LogP contribution is 2.46. The van der Waals surface area contributed by atoms with E-state index in [1.54, 1.807) is 0 Å². The van der Waals surface area contributed by atoms with E-state index in [1.165, 1.54) is 104 Å². The Bertz CT molecular complexity index is 9450. The summed E-state index contributed by atoms with van der Waals surface area (Å²) in [6, 6.07) is 170. The molecule has 0 N–H and O–H groups in total. The summed E-state index contributed by atoms with van der Waals surface area (Å²) in [7, 11) is 0. The maximum Gasteiger partial charge on any atom is 0.0722 e. The zero-order valence-electron chi connectivity index (χ0n) is 75.1. The zero-order chi connectivity index (χ0) is 91.4. The molecule has 0 fully saturated rings. The molecule has 0 spiro atoms. The molecule has 0 radical (unpaired) electrons. The number of pyridine rings is 7.